The van der Waals surface area contributed by atoms with Crippen molar-refractivity contribution in [1.82, 2.24) is 10.1 Å². The molecule has 0 fully saturated rings. The highest BCUT2D eigenvalue weighted by atomic mass is 79.9. The van der Waals surface area contributed by atoms with Crippen LogP contribution in [0.1, 0.15) is 0 Å². The van der Waals surface area contributed by atoms with Crippen LogP contribution in [0.2, 0.25) is 0 Å². The average Bonchev–Trinajstić information content (AvgIpc) is 2.98. The zero-order valence-electron chi connectivity index (χ0n) is 11.2. The van der Waals surface area contributed by atoms with Gasteiger partial charge in [-0.2, -0.15) is 4.98 Å². The van der Waals surface area contributed by atoms with E-state index in [1.54, 1.807) is 19.2 Å². The van der Waals surface area contributed by atoms with Crippen LogP contribution in [0.25, 0.3) is 22.8 Å². The lowest BCUT2D eigenvalue weighted by Crippen LogP contribution is -1.86. The van der Waals surface area contributed by atoms with Crippen LogP contribution in [0.15, 0.2) is 51.5 Å². The number of hydrogen-bond donors (Lipinski definition) is 1. The molecule has 1 aromatic heterocycles. The van der Waals surface area contributed by atoms with E-state index in [1.165, 1.54) is 0 Å². The number of hydrogen-bond acceptors (Lipinski definition) is 5. The molecular formula is C15H12BrN3O2. The van der Waals surface area contributed by atoms with Crippen molar-refractivity contribution in [3.05, 3.63) is 46.9 Å². The summed E-state index contributed by atoms with van der Waals surface area (Å²) >= 11 is 3.44. The largest absolute Gasteiger partial charge is 0.496 e. The highest BCUT2D eigenvalue weighted by Gasteiger charge is 2.12. The number of methoxy groups -OCH3 is 1. The SMILES string of the molecule is COc1ccc(-c2nc(-c3ccc(N)cc3)no2)cc1Br. The molecule has 2 aromatic carbocycles. The Morgan fingerprint density at radius 3 is 2.48 bits per heavy atom. The number of benzene rings is 2. The number of ether oxygens (including phenoxy) is 1. The highest BCUT2D eigenvalue weighted by Crippen LogP contribution is 2.30. The van der Waals surface area contributed by atoms with Crippen LogP contribution in [-0.2, 0) is 0 Å². The molecule has 0 radical (unpaired) electrons. The minimum Gasteiger partial charge on any atom is -0.496 e. The molecule has 0 saturated carbocycles. The van der Waals surface area contributed by atoms with Crippen LogP contribution in [-0.4, -0.2) is 17.3 Å². The normalized spacial score (nSPS) is 10.6. The van der Waals surface area contributed by atoms with E-state index in [-0.39, 0.29) is 0 Å². The molecule has 0 aliphatic heterocycles. The van der Waals surface area contributed by atoms with Crippen molar-refractivity contribution in [2.75, 3.05) is 12.8 Å². The number of nitrogens with two attached hydrogens (primary N) is 1. The van der Waals surface area contributed by atoms with Gasteiger partial charge in [-0.1, -0.05) is 5.16 Å². The van der Waals surface area contributed by atoms with Crippen LogP contribution < -0.4 is 10.5 Å². The van der Waals surface area contributed by atoms with E-state index in [4.69, 9.17) is 15.0 Å². The predicted octanol–water partition coefficient (Wildman–Crippen LogP) is 3.76. The van der Waals surface area contributed by atoms with Gasteiger partial charge in [0.2, 0.25) is 5.82 Å². The molecule has 6 heteroatoms. The number of aromatic nitrogens is 2. The minimum atomic E-state index is 0.449. The van der Waals surface area contributed by atoms with Crippen molar-refractivity contribution in [2.24, 2.45) is 0 Å². The predicted molar refractivity (Wildman–Crippen MR) is 83.8 cm³/mol. The first-order chi connectivity index (χ1) is 10.2. The molecule has 21 heavy (non-hydrogen) atoms. The second-order valence-corrected chi connectivity index (χ2v) is 5.25. The van der Waals surface area contributed by atoms with Crippen molar-refractivity contribution < 1.29 is 9.26 Å². The number of anilines is 1. The zero-order chi connectivity index (χ0) is 14.8. The molecule has 5 nitrogen and oxygen atoms in total. The molecule has 106 valence electrons. The molecule has 0 atom stereocenters. The van der Waals surface area contributed by atoms with Gasteiger partial charge in [0, 0.05) is 16.8 Å². The molecule has 2 N–H and O–H groups in total. The molecule has 0 bridgehead atoms. The van der Waals surface area contributed by atoms with Gasteiger partial charge in [0.25, 0.3) is 5.89 Å². The van der Waals surface area contributed by atoms with E-state index < -0.39 is 0 Å². The molecule has 0 spiro atoms. The Kier molecular flexibility index (Phi) is 3.62. The first-order valence-electron chi connectivity index (χ1n) is 6.21. The van der Waals surface area contributed by atoms with Gasteiger partial charge in [-0.15, -0.1) is 0 Å². The van der Waals surface area contributed by atoms with Gasteiger partial charge in [-0.05, 0) is 58.4 Å². The summed E-state index contributed by atoms with van der Waals surface area (Å²) in [6.07, 6.45) is 0. The molecule has 0 amide bonds. The maximum atomic E-state index is 5.66. The van der Waals surface area contributed by atoms with Crippen LogP contribution >= 0.6 is 15.9 Å². The fourth-order valence-electron chi connectivity index (χ4n) is 1.89. The Hall–Kier alpha value is -2.34. The van der Waals surface area contributed by atoms with Gasteiger partial charge in [0.1, 0.15) is 5.75 Å². The fourth-order valence-corrected chi connectivity index (χ4v) is 2.43. The molecule has 0 saturated heterocycles. The van der Waals surface area contributed by atoms with Crippen molar-refractivity contribution in [3.8, 4) is 28.6 Å². The molecule has 0 aliphatic carbocycles. The minimum absolute atomic E-state index is 0.449. The van der Waals surface area contributed by atoms with E-state index in [0.29, 0.717) is 17.4 Å². The smallest absolute Gasteiger partial charge is 0.258 e. The van der Waals surface area contributed by atoms with Gasteiger partial charge in [0.05, 0.1) is 11.6 Å². The summed E-state index contributed by atoms with van der Waals surface area (Å²) in [6.45, 7) is 0. The molecular weight excluding hydrogens is 334 g/mol. The Morgan fingerprint density at radius 2 is 1.81 bits per heavy atom. The van der Waals surface area contributed by atoms with E-state index in [1.807, 2.05) is 30.3 Å². The maximum Gasteiger partial charge on any atom is 0.258 e. The second kappa shape index (κ2) is 5.57. The first kappa shape index (κ1) is 13.6. The first-order valence-corrected chi connectivity index (χ1v) is 7.00. The Bertz CT molecular complexity index is 769. The van der Waals surface area contributed by atoms with Gasteiger partial charge < -0.3 is 15.0 Å². The lowest BCUT2D eigenvalue weighted by Gasteiger charge is -2.03. The summed E-state index contributed by atoms with van der Waals surface area (Å²) in [6, 6.07) is 12.9. The molecule has 1 heterocycles. The highest BCUT2D eigenvalue weighted by molar-refractivity contribution is 9.10. The van der Waals surface area contributed by atoms with Crippen LogP contribution in [0.4, 0.5) is 5.69 Å². The molecule has 3 rings (SSSR count). The Morgan fingerprint density at radius 1 is 1.10 bits per heavy atom. The van der Waals surface area contributed by atoms with E-state index in [0.717, 1.165) is 21.3 Å². The summed E-state index contributed by atoms with van der Waals surface area (Å²) < 4.78 is 11.3. The Labute approximate surface area is 129 Å². The number of nitrogens with zero attached hydrogens (tertiary/aromatic N) is 2. The molecule has 3 aromatic rings. The summed E-state index contributed by atoms with van der Waals surface area (Å²) in [4.78, 5) is 4.40. The third-order valence-electron chi connectivity index (χ3n) is 2.99. The fraction of sp³-hybridized carbons (Fsp3) is 0.0667. The standard InChI is InChI=1S/C15H12BrN3O2/c1-20-13-7-4-10(8-12(13)16)15-18-14(19-21-15)9-2-5-11(17)6-3-9/h2-8H,17H2,1H3. The number of nitrogen functional groups attached to an aromatic ring is 1. The van der Waals surface area contributed by atoms with E-state index in [2.05, 4.69) is 26.1 Å². The maximum absolute atomic E-state index is 5.66. The summed E-state index contributed by atoms with van der Waals surface area (Å²) in [5, 5.41) is 3.99. The van der Waals surface area contributed by atoms with Crippen LogP contribution in [0, 0.1) is 0 Å². The van der Waals surface area contributed by atoms with Gasteiger partial charge >= 0.3 is 0 Å². The van der Waals surface area contributed by atoms with E-state index in [9.17, 15) is 0 Å². The van der Waals surface area contributed by atoms with Crippen molar-refractivity contribution >= 4 is 21.6 Å². The zero-order valence-corrected chi connectivity index (χ0v) is 12.8. The summed E-state index contributed by atoms with van der Waals surface area (Å²) in [5.74, 6) is 1.72. The molecule has 0 aliphatic rings. The van der Waals surface area contributed by atoms with Crippen molar-refractivity contribution in [1.29, 1.82) is 0 Å². The average molecular weight is 346 g/mol. The van der Waals surface area contributed by atoms with Gasteiger partial charge in [0.15, 0.2) is 0 Å². The summed E-state index contributed by atoms with van der Waals surface area (Å²) in [7, 11) is 1.62. The second-order valence-electron chi connectivity index (χ2n) is 4.39. The third-order valence-corrected chi connectivity index (χ3v) is 3.61. The van der Waals surface area contributed by atoms with Crippen LogP contribution in [0.5, 0.6) is 5.75 Å². The van der Waals surface area contributed by atoms with Gasteiger partial charge in [-0.3, -0.25) is 0 Å². The van der Waals surface area contributed by atoms with Gasteiger partial charge in [-0.25, -0.2) is 0 Å². The van der Waals surface area contributed by atoms with E-state index >= 15 is 0 Å². The number of halogens is 1. The third kappa shape index (κ3) is 2.75. The lowest BCUT2D eigenvalue weighted by molar-refractivity contribution is 0.411. The van der Waals surface area contributed by atoms with Crippen molar-refractivity contribution in [2.45, 2.75) is 0 Å². The Balaban J connectivity index is 1.94. The number of rotatable bonds is 3. The summed E-state index contributed by atoms with van der Waals surface area (Å²) in [5.41, 5.74) is 8.03. The topological polar surface area (TPSA) is 74.2 Å². The monoisotopic (exact) mass is 345 g/mol. The molecule has 0 unspecified atom stereocenters. The van der Waals surface area contributed by atoms with Crippen LogP contribution in [0.3, 0.4) is 0 Å². The lowest BCUT2D eigenvalue weighted by atomic mass is 10.2. The van der Waals surface area contributed by atoms with Crippen molar-refractivity contribution in [3.63, 3.8) is 0 Å². The quantitative estimate of drug-likeness (QED) is 0.731.